The van der Waals surface area contributed by atoms with Gasteiger partial charge in [0.05, 0.1) is 22.0 Å². The standard InChI is InChI=1S/C38H27N3O/c1-2-10-24(11-3-1)25-18-20-26(21-19-25)41-32-17-7-6-14-29(32)34-35(41)28-13-5-4-12-27(28)33-30-15-8-16-31(36(30)42-37(33)34)38-39-22-9-23-40-38/h2,4-18,20-23,25H,1,3,19H2. The molecule has 0 bridgehead atoms. The SMILES string of the molecule is C1=CC(C2C=CC(n3c4ccccc4c4c5oc6c(-c7ncccn7)cccc6c5c5ccccc5c43)=CC2)=CCC1. The molecule has 4 aromatic carbocycles. The van der Waals surface area contributed by atoms with E-state index in [2.05, 4.69) is 112 Å². The van der Waals surface area contributed by atoms with E-state index in [0.717, 1.165) is 52.2 Å². The summed E-state index contributed by atoms with van der Waals surface area (Å²) in [4.78, 5) is 9.10. The number of hydrogen-bond donors (Lipinski definition) is 0. The summed E-state index contributed by atoms with van der Waals surface area (Å²) >= 11 is 0. The Morgan fingerprint density at radius 2 is 1.50 bits per heavy atom. The van der Waals surface area contributed by atoms with Crippen LogP contribution in [0.25, 0.3) is 71.6 Å². The fourth-order valence-corrected chi connectivity index (χ4v) is 7.01. The highest BCUT2D eigenvalue weighted by molar-refractivity contribution is 6.35. The Kier molecular flexibility index (Phi) is 5.12. The molecule has 7 aromatic rings. The van der Waals surface area contributed by atoms with Gasteiger partial charge in [-0.05, 0) is 54.5 Å². The van der Waals surface area contributed by atoms with Gasteiger partial charge in [0.2, 0.25) is 0 Å². The lowest BCUT2D eigenvalue weighted by Crippen LogP contribution is -2.06. The van der Waals surface area contributed by atoms with Crippen LogP contribution in [0.2, 0.25) is 0 Å². The van der Waals surface area contributed by atoms with Gasteiger partial charge in [0.25, 0.3) is 0 Å². The van der Waals surface area contributed by atoms with E-state index >= 15 is 0 Å². The first-order valence-electron chi connectivity index (χ1n) is 14.7. The largest absolute Gasteiger partial charge is 0.455 e. The fourth-order valence-electron chi connectivity index (χ4n) is 7.01. The second kappa shape index (κ2) is 9.15. The zero-order valence-corrected chi connectivity index (χ0v) is 23.0. The summed E-state index contributed by atoms with van der Waals surface area (Å²) in [5.74, 6) is 1.09. The van der Waals surface area contributed by atoms with Crippen LogP contribution in [0.3, 0.4) is 0 Å². The maximum absolute atomic E-state index is 6.92. The highest BCUT2D eigenvalue weighted by atomic mass is 16.3. The van der Waals surface area contributed by atoms with Crippen molar-refractivity contribution in [1.82, 2.24) is 14.5 Å². The number of benzene rings is 4. The number of hydrogen-bond acceptors (Lipinski definition) is 3. The first-order valence-corrected chi connectivity index (χ1v) is 14.7. The van der Waals surface area contributed by atoms with Gasteiger partial charge in [-0.1, -0.05) is 85.0 Å². The lowest BCUT2D eigenvalue weighted by molar-refractivity contribution is 0.673. The molecule has 0 spiro atoms. The number of fused-ring (bicyclic) bond motifs is 10. The molecule has 2 aliphatic rings. The summed E-state index contributed by atoms with van der Waals surface area (Å²) in [7, 11) is 0. The van der Waals surface area contributed by atoms with E-state index < -0.39 is 0 Å². The number of para-hydroxylation sites is 2. The fraction of sp³-hybridized carbons (Fsp3) is 0.105. The summed E-state index contributed by atoms with van der Waals surface area (Å²) in [6.07, 6.45) is 20.9. The molecule has 42 heavy (non-hydrogen) atoms. The Balaban J connectivity index is 1.37. The van der Waals surface area contributed by atoms with E-state index in [1.54, 1.807) is 12.4 Å². The number of nitrogens with zero attached hydrogens (tertiary/aromatic N) is 3. The second-order valence-corrected chi connectivity index (χ2v) is 11.2. The van der Waals surface area contributed by atoms with Crippen LogP contribution in [0.5, 0.6) is 0 Å². The van der Waals surface area contributed by atoms with Gasteiger partial charge in [-0.15, -0.1) is 0 Å². The minimum Gasteiger partial charge on any atom is -0.455 e. The van der Waals surface area contributed by atoms with Crippen LogP contribution < -0.4 is 0 Å². The summed E-state index contributed by atoms with van der Waals surface area (Å²) < 4.78 is 9.36. The summed E-state index contributed by atoms with van der Waals surface area (Å²) in [5.41, 5.74) is 7.64. The van der Waals surface area contributed by atoms with E-state index in [-0.39, 0.29) is 0 Å². The molecule has 4 heteroatoms. The second-order valence-electron chi connectivity index (χ2n) is 11.2. The summed E-state index contributed by atoms with van der Waals surface area (Å²) in [6, 6.07) is 25.6. The van der Waals surface area contributed by atoms with Gasteiger partial charge in [-0.3, -0.25) is 0 Å². The lowest BCUT2D eigenvalue weighted by atomic mass is 9.88. The van der Waals surface area contributed by atoms with E-state index in [1.165, 1.54) is 38.5 Å². The number of rotatable bonds is 3. The van der Waals surface area contributed by atoms with Gasteiger partial charge in [0.15, 0.2) is 5.82 Å². The molecule has 1 unspecified atom stereocenters. The van der Waals surface area contributed by atoms with Crippen molar-refractivity contribution < 1.29 is 4.42 Å². The molecular formula is C38H27N3O. The van der Waals surface area contributed by atoms with Crippen molar-refractivity contribution in [2.24, 2.45) is 5.92 Å². The predicted octanol–water partition coefficient (Wildman–Crippen LogP) is 10.00. The Hall–Kier alpha value is -5.22. The number of aromatic nitrogens is 3. The van der Waals surface area contributed by atoms with Crippen LogP contribution in [-0.4, -0.2) is 14.5 Å². The van der Waals surface area contributed by atoms with E-state index in [1.807, 2.05) is 12.1 Å². The van der Waals surface area contributed by atoms with Crippen molar-refractivity contribution >= 4 is 60.2 Å². The Labute approximate surface area is 242 Å². The molecule has 0 aliphatic heterocycles. The molecule has 0 fully saturated rings. The van der Waals surface area contributed by atoms with Crippen LogP contribution in [0.15, 0.2) is 132 Å². The van der Waals surface area contributed by atoms with E-state index in [0.29, 0.717) is 11.7 Å². The molecule has 200 valence electrons. The van der Waals surface area contributed by atoms with Gasteiger partial charge < -0.3 is 8.98 Å². The van der Waals surface area contributed by atoms with Crippen molar-refractivity contribution in [3.8, 4) is 11.4 Å². The Bertz CT molecular complexity index is 2330. The predicted molar refractivity (Wildman–Crippen MR) is 173 cm³/mol. The van der Waals surface area contributed by atoms with Gasteiger partial charge in [-0.25, -0.2) is 9.97 Å². The smallest absolute Gasteiger partial charge is 0.162 e. The third-order valence-corrected chi connectivity index (χ3v) is 8.87. The van der Waals surface area contributed by atoms with Gasteiger partial charge in [0, 0.05) is 45.6 Å². The minimum absolute atomic E-state index is 0.427. The summed E-state index contributed by atoms with van der Waals surface area (Å²) in [6.45, 7) is 0. The lowest BCUT2D eigenvalue weighted by Gasteiger charge is -2.21. The molecule has 0 saturated heterocycles. The maximum Gasteiger partial charge on any atom is 0.162 e. The zero-order valence-electron chi connectivity index (χ0n) is 23.0. The average molecular weight is 542 g/mol. The molecule has 0 amide bonds. The molecule has 0 saturated carbocycles. The van der Waals surface area contributed by atoms with Crippen molar-refractivity contribution in [1.29, 1.82) is 0 Å². The van der Waals surface area contributed by atoms with Gasteiger partial charge in [0.1, 0.15) is 11.2 Å². The molecule has 4 nitrogen and oxygen atoms in total. The Morgan fingerprint density at radius 1 is 0.690 bits per heavy atom. The highest BCUT2D eigenvalue weighted by Gasteiger charge is 2.25. The van der Waals surface area contributed by atoms with Crippen molar-refractivity contribution in [3.63, 3.8) is 0 Å². The van der Waals surface area contributed by atoms with Crippen molar-refractivity contribution in [3.05, 3.63) is 127 Å². The third-order valence-electron chi connectivity index (χ3n) is 8.87. The Morgan fingerprint density at radius 3 is 2.31 bits per heavy atom. The van der Waals surface area contributed by atoms with E-state index in [9.17, 15) is 0 Å². The molecule has 2 aliphatic carbocycles. The topological polar surface area (TPSA) is 43.9 Å². The minimum atomic E-state index is 0.427. The maximum atomic E-state index is 6.92. The summed E-state index contributed by atoms with van der Waals surface area (Å²) in [5, 5.41) is 6.95. The van der Waals surface area contributed by atoms with Crippen LogP contribution >= 0.6 is 0 Å². The zero-order chi connectivity index (χ0) is 27.6. The normalized spacial score (nSPS) is 17.1. The first-order chi connectivity index (χ1) is 20.9. The molecular weight excluding hydrogens is 514 g/mol. The molecule has 3 heterocycles. The van der Waals surface area contributed by atoms with Gasteiger partial charge >= 0.3 is 0 Å². The molecule has 0 N–H and O–H groups in total. The number of allylic oxidation sites excluding steroid dienone is 8. The van der Waals surface area contributed by atoms with E-state index in [4.69, 9.17) is 4.42 Å². The molecule has 3 aromatic heterocycles. The van der Waals surface area contributed by atoms with Gasteiger partial charge in [-0.2, -0.15) is 0 Å². The molecule has 1 atom stereocenters. The molecule has 0 radical (unpaired) electrons. The van der Waals surface area contributed by atoms with Crippen LogP contribution in [0.1, 0.15) is 19.3 Å². The average Bonchev–Trinajstić information content (AvgIpc) is 3.63. The van der Waals surface area contributed by atoms with Crippen LogP contribution in [-0.2, 0) is 0 Å². The highest BCUT2D eigenvalue weighted by Crippen LogP contribution is 2.47. The molecule has 9 rings (SSSR count). The first kappa shape index (κ1) is 23.5. The quantitative estimate of drug-likeness (QED) is 0.224. The van der Waals surface area contributed by atoms with Crippen LogP contribution in [0.4, 0.5) is 0 Å². The van der Waals surface area contributed by atoms with Crippen molar-refractivity contribution in [2.45, 2.75) is 19.3 Å². The van der Waals surface area contributed by atoms with Crippen molar-refractivity contribution in [2.75, 3.05) is 0 Å². The number of furan rings is 1. The van der Waals surface area contributed by atoms with Crippen LogP contribution in [0, 0.1) is 5.92 Å². The third kappa shape index (κ3) is 3.35. The monoisotopic (exact) mass is 541 g/mol.